The van der Waals surface area contributed by atoms with Crippen molar-refractivity contribution >= 4 is 11.9 Å². The molecule has 2 aliphatic heterocycles. The van der Waals surface area contributed by atoms with Crippen LogP contribution in [0.25, 0.3) is 0 Å². The number of carbonyl (C=O) groups is 1. The number of benzene rings is 1. The molecule has 4 rings (SSSR count). The molecule has 0 spiro atoms. The molecule has 2 aromatic rings. The van der Waals surface area contributed by atoms with Gasteiger partial charge in [0.1, 0.15) is 5.69 Å². The predicted molar refractivity (Wildman–Crippen MR) is 104 cm³/mol. The van der Waals surface area contributed by atoms with E-state index >= 15 is 0 Å². The van der Waals surface area contributed by atoms with Gasteiger partial charge in [0.25, 0.3) is 5.91 Å². The third-order valence-corrected chi connectivity index (χ3v) is 5.42. The van der Waals surface area contributed by atoms with Crippen LogP contribution in [-0.2, 0) is 11.2 Å². The Morgan fingerprint density at radius 1 is 1.04 bits per heavy atom. The summed E-state index contributed by atoms with van der Waals surface area (Å²) in [5.74, 6) is 1.34. The summed E-state index contributed by atoms with van der Waals surface area (Å²) in [7, 11) is 0. The number of piperidine rings is 1. The average molecular weight is 366 g/mol. The van der Waals surface area contributed by atoms with Gasteiger partial charge in [-0.25, -0.2) is 9.97 Å². The lowest BCUT2D eigenvalue weighted by molar-refractivity contribution is 0.0299. The third kappa shape index (κ3) is 4.45. The summed E-state index contributed by atoms with van der Waals surface area (Å²) in [6.07, 6.45) is 5.08. The highest BCUT2D eigenvalue weighted by molar-refractivity contribution is 5.92. The van der Waals surface area contributed by atoms with E-state index < -0.39 is 0 Å². The van der Waals surface area contributed by atoms with Gasteiger partial charge in [0.05, 0.1) is 13.2 Å². The number of morpholine rings is 1. The highest BCUT2D eigenvalue weighted by Gasteiger charge is 2.24. The molecule has 0 atom stereocenters. The molecule has 2 aliphatic rings. The average Bonchev–Trinajstić information content (AvgIpc) is 2.75. The van der Waals surface area contributed by atoms with Gasteiger partial charge in [-0.3, -0.25) is 4.79 Å². The Labute approximate surface area is 160 Å². The van der Waals surface area contributed by atoms with Crippen LogP contribution in [0.15, 0.2) is 42.6 Å². The molecule has 0 unspecified atom stereocenters. The maximum atomic E-state index is 12.7. The second-order valence-corrected chi connectivity index (χ2v) is 7.27. The van der Waals surface area contributed by atoms with Gasteiger partial charge >= 0.3 is 0 Å². The Kier molecular flexibility index (Phi) is 5.63. The van der Waals surface area contributed by atoms with Gasteiger partial charge in [0.15, 0.2) is 0 Å². The Morgan fingerprint density at radius 3 is 2.52 bits per heavy atom. The third-order valence-electron chi connectivity index (χ3n) is 5.42. The maximum absolute atomic E-state index is 12.7. The van der Waals surface area contributed by atoms with E-state index in [4.69, 9.17) is 4.74 Å². The summed E-state index contributed by atoms with van der Waals surface area (Å²) in [6.45, 7) is 4.32. The van der Waals surface area contributed by atoms with E-state index in [2.05, 4.69) is 45.2 Å². The first-order chi connectivity index (χ1) is 13.3. The minimum Gasteiger partial charge on any atom is -0.378 e. The zero-order chi connectivity index (χ0) is 18.5. The number of carbonyl (C=O) groups excluding carboxylic acids is 1. The molecule has 2 fully saturated rings. The van der Waals surface area contributed by atoms with Crippen molar-refractivity contribution in [1.29, 1.82) is 0 Å². The Hall–Kier alpha value is -2.47. The Morgan fingerprint density at radius 2 is 1.78 bits per heavy atom. The predicted octanol–water partition coefficient (Wildman–Crippen LogP) is 2.41. The molecule has 0 aliphatic carbocycles. The van der Waals surface area contributed by atoms with Crippen LogP contribution < -0.4 is 4.90 Å². The number of aromatic nitrogens is 2. The summed E-state index contributed by atoms with van der Waals surface area (Å²) < 4.78 is 5.32. The molecule has 3 heterocycles. The summed E-state index contributed by atoms with van der Waals surface area (Å²) in [4.78, 5) is 25.6. The first-order valence-corrected chi connectivity index (χ1v) is 9.78. The topological polar surface area (TPSA) is 58.6 Å². The fourth-order valence-corrected chi connectivity index (χ4v) is 3.83. The number of amides is 1. The highest BCUT2D eigenvalue weighted by atomic mass is 16.5. The first-order valence-electron chi connectivity index (χ1n) is 9.78. The molecular weight excluding hydrogens is 340 g/mol. The van der Waals surface area contributed by atoms with E-state index in [1.807, 2.05) is 4.90 Å². The SMILES string of the molecule is O=C(c1ccnc(N2CCC(Cc3ccccc3)CC2)n1)N1CCOCC1. The number of hydrogen-bond acceptors (Lipinski definition) is 5. The number of nitrogens with zero attached hydrogens (tertiary/aromatic N) is 4. The lowest BCUT2D eigenvalue weighted by Gasteiger charge is -2.32. The smallest absolute Gasteiger partial charge is 0.272 e. The summed E-state index contributed by atoms with van der Waals surface area (Å²) in [5, 5.41) is 0. The lowest BCUT2D eigenvalue weighted by Crippen LogP contribution is -2.41. The molecule has 6 heteroatoms. The van der Waals surface area contributed by atoms with Crippen LogP contribution in [0.2, 0.25) is 0 Å². The molecule has 0 saturated carbocycles. The summed E-state index contributed by atoms with van der Waals surface area (Å²) in [6, 6.07) is 12.4. The van der Waals surface area contributed by atoms with Gasteiger partial charge in [-0.05, 0) is 36.8 Å². The van der Waals surface area contributed by atoms with E-state index in [-0.39, 0.29) is 5.91 Å². The van der Waals surface area contributed by atoms with Gasteiger partial charge in [-0.1, -0.05) is 30.3 Å². The maximum Gasteiger partial charge on any atom is 0.272 e. The van der Waals surface area contributed by atoms with Crippen molar-refractivity contribution in [2.75, 3.05) is 44.3 Å². The molecule has 2 saturated heterocycles. The van der Waals surface area contributed by atoms with E-state index in [1.165, 1.54) is 5.56 Å². The highest BCUT2D eigenvalue weighted by Crippen LogP contribution is 2.24. The Bertz CT molecular complexity index is 754. The molecule has 0 bridgehead atoms. The molecular formula is C21H26N4O2. The lowest BCUT2D eigenvalue weighted by atomic mass is 9.90. The zero-order valence-electron chi connectivity index (χ0n) is 15.6. The van der Waals surface area contributed by atoms with Crippen molar-refractivity contribution < 1.29 is 9.53 Å². The minimum absolute atomic E-state index is 0.0269. The van der Waals surface area contributed by atoms with Crippen LogP contribution >= 0.6 is 0 Å². The fraction of sp³-hybridized carbons (Fsp3) is 0.476. The number of rotatable bonds is 4. The first kappa shape index (κ1) is 17.9. The fourth-order valence-electron chi connectivity index (χ4n) is 3.83. The van der Waals surface area contributed by atoms with Crippen LogP contribution in [0.5, 0.6) is 0 Å². The molecule has 6 nitrogen and oxygen atoms in total. The van der Waals surface area contributed by atoms with Crippen molar-refractivity contribution in [1.82, 2.24) is 14.9 Å². The zero-order valence-corrected chi connectivity index (χ0v) is 15.6. The quantitative estimate of drug-likeness (QED) is 0.832. The van der Waals surface area contributed by atoms with E-state index in [9.17, 15) is 4.79 Å². The number of anilines is 1. The molecule has 27 heavy (non-hydrogen) atoms. The second-order valence-electron chi connectivity index (χ2n) is 7.27. The van der Waals surface area contributed by atoms with E-state index in [0.29, 0.717) is 43.9 Å². The number of hydrogen-bond donors (Lipinski definition) is 0. The van der Waals surface area contributed by atoms with Crippen molar-refractivity contribution in [2.45, 2.75) is 19.3 Å². The molecule has 142 valence electrons. The normalized spacial score (nSPS) is 18.5. The van der Waals surface area contributed by atoms with Gasteiger partial charge in [0.2, 0.25) is 5.95 Å². The molecule has 1 aromatic heterocycles. The largest absolute Gasteiger partial charge is 0.378 e. The standard InChI is InChI=1S/C21H26N4O2/c26-20(24-12-14-27-15-13-24)19-6-9-22-21(23-19)25-10-7-18(8-11-25)16-17-4-2-1-3-5-17/h1-6,9,18H,7-8,10-16H2. The van der Waals surface area contributed by atoms with Gasteiger partial charge < -0.3 is 14.5 Å². The van der Waals surface area contributed by atoms with Crippen molar-refractivity contribution in [3.63, 3.8) is 0 Å². The summed E-state index contributed by atoms with van der Waals surface area (Å²) >= 11 is 0. The van der Waals surface area contributed by atoms with Crippen molar-refractivity contribution in [2.24, 2.45) is 5.92 Å². The number of ether oxygens (including phenoxy) is 1. The van der Waals surface area contributed by atoms with Crippen molar-refractivity contribution in [3.05, 3.63) is 53.9 Å². The van der Waals surface area contributed by atoms with Crippen LogP contribution in [0.3, 0.4) is 0 Å². The molecule has 1 aromatic carbocycles. The van der Waals surface area contributed by atoms with E-state index in [0.717, 1.165) is 32.4 Å². The van der Waals surface area contributed by atoms with Crippen LogP contribution in [0.4, 0.5) is 5.95 Å². The van der Waals surface area contributed by atoms with Crippen LogP contribution in [-0.4, -0.2) is 60.2 Å². The second kappa shape index (κ2) is 8.48. The molecule has 0 radical (unpaired) electrons. The molecule has 0 N–H and O–H groups in total. The monoisotopic (exact) mass is 366 g/mol. The van der Waals surface area contributed by atoms with Gasteiger partial charge in [0, 0.05) is 32.4 Å². The summed E-state index contributed by atoms with van der Waals surface area (Å²) in [5.41, 5.74) is 1.89. The van der Waals surface area contributed by atoms with Gasteiger partial charge in [-0.2, -0.15) is 0 Å². The van der Waals surface area contributed by atoms with Crippen LogP contribution in [0.1, 0.15) is 28.9 Å². The van der Waals surface area contributed by atoms with E-state index in [1.54, 1.807) is 12.3 Å². The molecule has 1 amide bonds. The van der Waals surface area contributed by atoms with Crippen molar-refractivity contribution in [3.8, 4) is 0 Å². The minimum atomic E-state index is -0.0269. The van der Waals surface area contributed by atoms with Crippen LogP contribution in [0, 0.1) is 5.92 Å². The Balaban J connectivity index is 1.36. The van der Waals surface area contributed by atoms with Gasteiger partial charge in [-0.15, -0.1) is 0 Å².